The van der Waals surface area contributed by atoms with E-state index >= 15 is 0 Å². The Hall–Kier alpha value is -3.71. The van der Waals surface area contributed by atoms with Gasteiger partial charge in [-0.25, -0.2) is 0 Å². The van der Waals surface area contributed by atoms with Gasteiger partial charge in [0.05, 0.1) is 0 Å². The number of nitrogens with zero attached hydrogens (tertiary/aromatic N) is 4. The van der Waals surface area contributed by atoms with E-state index in [1.54, 1.807) is 6.20 Å². The first kappa shape index (κ1) is 24.0. The summed E-state index contributed by atoms with van der Waals surface area (Å²) >= 11 is 0. The van der Waals surface area contributed by atoms with Gasteiger partial charge in [-0.1, -0.05) is 41.6 Å². The summed E-state index contributed by atoms with van der Waals surface area (Å²) in [7, 11) is 0. The Morgan fingerprint density at radius 1 is 0.972 bits per heavy atom. The molecule has 2 aromatic carbocycles. The minimum atomic E-state index is -0.478. The monoisotopic (exact) mass is 482 g/mol. The lowest BCUT2D eigenvalue weighted by atomic mass is 9.82. The van der Waals surface area contributed by atoms with Crippen molar-refractivity contribution in [3.05, 3.63) is 106 Å². The molecule has 0 saturated carbocycles. The van der Waals surface area contributed by atoms with E-state index in [0.717, 1.165) is 48.4 Å². The van der Waals surface area contributed by atoms with Gasteiger partial charge in [-0.3, -0.25) is 4.98 Å². The molecule has 0 radical (unpaired) electrons. The minimum Gasteiger partial charge on any atom is -0.420 e. The largest absolute Gasteiger partial charge is 0.420 e. The molecule has 1 unspecified atom stereocenters. The third kappa shape index (κ3) is 5.26. The highest BCUT2D eigenvalue weighted by Gasteiger charge is 2.25. The molecule has 7 nitrogen and oxygen atoms in total. The lowest BCUT2D eigenvalue weighted by Crippen LogP contribution is -2.14. The van der Waals surface area contributed by atoms with Gasteiger partial charge in [0.25, 0.3) is 0 Å². The fourth-order valence-electron chi connectivity index (χ4n) is 4.98. The van der Waals surface area contributed by atoms with Crippen LogP contribution in [0.3, 0.4) is 0 Å². The van der Waals surface area contributed by atoms with Gasteiger partial charge in [-0.2, -0.15) is 4.91 Å². The lowest BCUT2D eigenvalue weighted by molar-refractivity contribution is 0.0795. The number of rotatable bonds is 8. The zero-order valence-electron chi connectivity index (χ0n) is 20.6. The normalized spacial score (nSPS) is 15.9. The molecule has 1 fully saturated rings. The third-order valence-electron chi connectivity index (χ3n) is 7.03. The van der Waals surface area contributed by atoms with Crippen LogP contribution in [0.1, 0.15) is 71.0 Å². The maximum Gasteiger partial charge on any atom is 0.247 e. The highest BCUT2D eigenvalue weighted by Crippen LogP contribution is 2.38. The molecule has 1 aliphatic heterocycles. The van der Waals surface area contributed by atoms with Crippen LogP contribution in [0.25, 0.3) is 11.5 Å². The van der Waals surface area contributed by atoms with Gasteiger partial charge in [0.1, 0.15) is 6.04 Å². The zero-order valence-corrected chi connectivity index (χ0v) is 20.6. The van der Waals surface area contributed by atoms with Crippen molar-refractivity contribution >= 4 is 0 Å². The molecule has 2 aromatic heterocycles. The van der Waals surface area contributed by atoms with E-state index in [9.17, 15) is 4.91 Å². The predicted octanol–water partition coefficient (Wildman–Crippen LogP) is 6.67. The van der Waals surface area contributed by atoms with Crippen LogP contribution >= 0.6 is 0 Å². The Balaban J connectivity index is 1.43. The molecule has 0 amide bonds. The number of aryl methyl sites for hydroxylation is 2. The van der Waals surface area contributed by atoms with Crippen molar-refractivity contribution < 1.29 is 9.15 Å². The van der Waals surface area contributed by atoms with Crippen LogP contribution in [0, 0.1) is 18.8 Å². The smallest absolute Gasteiger partial charge is 0.247 e. The molecule has 4 aromatic rings. The van der Waals surface area contributed by atoms with E-state index in [1.165, 1.54) is 11.1 Å². The number of benzene rings is 2. The molecule has 0 bridgehead atoms. The fourth-order valence-corrected chi connectivity index (χ4v) is 4.98. The predicted molar refractivity (Wildman–Crippen MR) is 138 cm³/mol. The van der Waals surface area contributed by atoms with Crippen LogP contribution in [0.2, 0.25) is 0 Å². The second-order valence-corrected chi connectivity index (χ2v) is 9.45. The third-order valence-corrected chi connectivity index (χ3v) is 7.03. The summed E-state index contributed by atoms with van der Waals surface area (Å²) in [5.41, 5.74) is 6.11. The number of aromatic nitrogens is 3. The fraction of sp³-hybridized carbons (Fsp3) is 0.345. The zero-order chi connectivity index (χ0) is 24.9. The van der Waals surface area contributed by atoms with E-state index in [0.29, 0.717) is 18.2 Å². The Kier molecular flexibility index (Phi) is 7.28. The summed E-state index contributed by atoms with van der Waals surface area (Å²) in [4.78, 5) is 16.2. The SMILES string of the molecule is Cc1cc(C(C[C@H](c2ccc(-c3nnc(C4CCOCC4)o3)cc2)c2ccccc2C)N=O)ccn1. The van der Waals surface area contributed by atoms with E-state index in [1.807, 2.05) is 43.3 Å². The van der Waals surface area contributed by atoms with Gasteiger partial charge in [-0.15, -0.1) is 10.2 Å². The molecule has 5 rings (SSSR count). The summed E-state index contributed by atoms with van der Waals surface area (Å²) in [6, 6.07) is 19.9. The number of ether oxygens (including phenoxy) is 1. The number of hydrogen-bond donors (Lipinski definition) is 0. The highest BCUT2D eigenvalue weighted by atomic mass is 16.5. The van der Waals surface area contributed by atoms with Gasteiger partial charge in [0, 0.05) is 42.5 Å². The molecule has 3 heterocycles. The van der Waals surface area contributed by atoms with Crippen LogP contribution in [0.5, 0.6) is 0 Å². The maximum atomic E-state index is 12.0. The first-order chi connectivity index (χ1) is 17.6. The molecular weight excluding hydrogens is 452 g/mol. The summed E-state index contributed by atoms with van der Waals surface area (Å²) in [6.45, 7) is 5.49. The van der Waals surface area contributed by atoms with Crippen molar-refractivity contribution in [2.75, 3.05) is 13.2 Å². The van der Waals surface area contributed by atoms with Gasteiger partial charge in [0.2, 0.25) is 11.8 Å². The van der Waals surface area contributed by atoms with E-state index < -0.39 is 6.04 Å². The second-order valence-electron chi connectivity index (χ2n) is 9.45. The number of nitroso groups, excluding NO2 is 1. The van der Waals surface area contributed by atoms with Gasteiger partial charge >= 0.3 is 0 Å². The molecule has 0 spiro atoms. The molecule has 2 atom stereocenters. The molecule has 0 N–H and O–H groups in total. The van der Waals surface area contributed by atoms with Crippen molar-refractivity contribution in [1.29, 1.82) is 0 Å². The van der Waals surface area contributed by atoms with Crippen molar-refractivity contribution in [3.63, 3.8) is 0 Å². The molecule has 0 aliphatic carbocycles. The standard InChI is InChI=1S/C29H30N4O3/c1-19-5-3-4-6-25(19)26(18-27(33-34)24-11-14-30-20(2)17-24)21-7-9-22(10-8-21)28-31-32-29(36-28)23-12-15-35-16-13-23/h3-11,14,17,23,26-27H,12-13,15-16,18H2,1-2H3/t26-,27?/m1/s1. The topological polar surface area (TPSA) is 90.5 Å². The second kappa shape index (κ2) is 10.9. The Morgan fingerprint density at radius 3 is 2.47 bits per heavy atom. The highest BCUT2D eigenvalue weighted by molar-refractivity contribution is 5.54. The molecule has 184 valence electrons. The molecule has 1 saturated heterocycles. The van der Waals surface area contributed by atoms with Crippen molar-refractivity contribution in [3.8, 4) is 11.5 Å². The first-order valence-corrected chi connectivity index (χ1v) is 12.4. The Morgan fingerprint density at radius 2 is 1.75 bits per heavy atom. The maximum absolute atomic E-state index is 12.0. The van der Waals surface area contributed by atoms with Crippen LogP contribution < -0.4 is 0 Å². The van der Waals surface area contributed by atoms with Gasteiger partial charge in [0.15, 0.2) is 0 Å². The van der Waals surface area contributed by atoms with Gasteiger partial charge < -0.3 is 9.15 Å². The first-order valence-electron chi connectivity index (χ1n) is 12.4. The average Bonchev–Trinajstić information content (AvgIpc) is 3.41. The molecular formula is C29H30N4O3. The summed E-state index contributed by atoms with van der Waals surface area (Å²) in [5.74, 6) is 1.46. The van der Waals surface area contributed by atoms with Crippen molar-refractivity contribution in [2.45, 2.75) is 51.0 Å². The van der Waals surface area contributed by atoms with Crippen LogP contribution in [-0.2, 0) is 4.74 Å². The van der Waals surface area contributed by atoms with Crippen LogP contribution in [0.15, 0.2) is 76.5 Å². The Labute approximate surface area is 210 Å². The van der Waals surface area contributed by atoms with Crippen LogP contribution in [0.4, 0.5) is 0 Å². The quantitative estimate of drug-likeness (QED) is 0.260. The summed E-state index contributed by atoms with van der Waals surface area (Å²) in [5, 5.41) is 12.1. The summed E-state index contributed by atoms with van der Waals surface area (Å²) < 4.78 is 11.5. The summed E-state index contributed by atoms with van der Waals surface area (Å²) in [6.07, 6.45) is 4.11. The van der Waals surface area contributed by atoms with Gasteiger partial charge in [-0.05, 0) is 79.6 Å². The molecule has 36 heavy (non-hydrogen) atoms. The molecule has 1 aliphatic rings. The van der Waals surface area contributed by atoms with E-state index in [2.05, 4.69) is 51.5 Å². The Bertz CT molecular complexity index is 1310. The van der Waals surface area contributed by atoms with E-state index in [-0.39, 0.29) is 11.8 Å². The molecule has 7 heteroatoms. The van der Waals surface area contributed by atoms with Crippen molar-refractivity contribution in [2.24, 2.45) is 5.18 Å². The van der Waals surface area contributed by atoms with Crippen LogP contribution in [-0.4, -0.2) is 28.4 Å². The average molecular weight is 483 g/mol. The lowest BCUT2D eigenvalue weighted by Gasteiger charge is -2.23. The minimum absolute atomic E-state index is 0.00286. The van der Waals surface area contributed by atoms with Crippen molar-refractivity contribution in [1.82, 2.24) is 15.2 Å². The number of pyridine rings is 1. The van der Waals surface area contributed by atoms with E-state index in [4.69, 9.17) is 9.15 Å². The number of hydrogen-bond acceptors (Lipinski definition) is 7.